The Kier molecular flexibility index (Phi) is 6.58. The molecule has 1 aliphatic heterocycles. The van der Waals surface area contributed by atoms with E-state index >= 15 is 0 Å². The topological polar surface area (TPSA) is 55.8 Å². The lowest BCUT2D eigenvalue weighted by molar-refractivity contribution is 0.0949. The van der Waals surface area contributed by atoms with E-state index in [2.05, 4.69) is 46.3 Å². The predicted octanol–water partition coefficient (Wildman–Crippen LogP) is 3.30. The number of carbonyl (C=O) groups excluding carboxylic acids is 1. The number of anilines is 1. The molecule has 2 N–H and O–H groups in total. The molecule has 0 aromatic heterocycles. The van der Waals surface area contributed by atoms with E-state index < -0.39 is 0 Å². The van der Waals surface area contributed by atoms with Crippen LogP contribution in [-0.4, -0.2) is 55.2 Å². The number of phenolic OH excluding ortho intramolecular Hbond substituents is 1. The van der Waals surface area contributed by atoms with Crippen molar-refractivity contribution < 1.29 is 9.90 Å². The largest absolute Gasteiger partial charge is 0.507 e. The molecule has 144 valence electrons. The number of amides is 1. The maximum atomic E-state index is 12.1. The number of nitrogens with one attached hydrogen (secondary N) is 1. The summed E-state index contributed by atoms with van der Waals surface area (Å²) in [6.45, 7) is 7.73. The predicted molar refractivity (Wildman–Crippen MR) is 110 cm³/mol. The minimum absolute atomic E-state index is 0.0517. The summed E-state index contributed by atoms with van der Waals surface area (Å²) < 4.78 is 0. The summed E-state index contributed by atoms with van der Waals surface area (Å²) in [7, 11) is 0. The van der Waals surface area contributed by atoms with Crippen LogP contribution < -0.4 is 10.2 Å². The van der Waals surface area contributed by atoms with Gasteiger partial charge in [0.15, 0.2) is 0 Å². The van der Waals surface area contributed by atoms with Gasteiger partial charge in [0.25, 0.3) is 5.91 Å². The van der Waals surface area contributed by atoms with E-state index in [1.165, 1.54) is 23.4 Å². The zero-order valence-electron chi connectivity index (χ0n) is 15.6. The Labute approximate surface area is 165 Å². The fourth-order valence-electron chi connectivity index (χ4n) is 3.34. The summed E-state index contributed by atoms with van der Waals surface area (Å²) in [5, 5.41) is 13.1. The van der Waals surface area contributed by atoms with Gasteiger partial charge in [-0.05, 0) is 55.8 Å². The summed E-state index contributed by atoms with van der Waals surface area (Å²) in [4.78, 5) is 17.0. The molecule has 0 radical (unpaired) electrons. The molecule has 0 saturated carbocycles. The second-order valence-electron chi connectivity index (χ2n) is 6.94. The van der Waals surface area contributed by atoms with Gasteiger partial charge in [-0.15, -0.1) is 0 Å². The molecule has 0 unspecified atom stereocenters. The van der Waals surface area contributed by atoms with Gasteiger partial charge in [-0.2, -0.15) is 0 Å². The van der Waals surface area contributed by atoms with Crippen LogP contribution in [0.25, 0.3) is 0 Å². The van der Waals surface area contributed by atoms with Gasteiger partial charge in [-0.1, -0.05) is 23.7 Å². The van der Waals surface area contributed by atoms with Crippen LogP contribution in [0.5, 0.6) is 5.75 Å². The smallest absolute Gasteiger partial charge is 0.255 e. The van der Waals surface area contributed by atoms with E-state index in [1.807, 2.05) is 0 Å². The summed E-state index contributed by atoms with van der Waals surface area (Å²) in [5.74, 6) is -0.344. The number of hydrogen-bond donors (Lipinski definition) is 2. The number of benzene rings is 2. The van der Waals surface area contributed by atoms with E-state index in [0.717, 1.165) is 39.1 Å². The Balaban J connectivity index is 1.38. The van der Waals surface area contributed by atoms with E-state index in [4.69, 9.17) is 11.6 Å². The van der Waals surface area contributed by atoms with E-state index in [-0.39, 0.29) is 17.2 Å². The number of piperazine rings is 1. The molecule has 5 nitrogen and oxygen atoms in total. The van der Waals surface area contributed by atoms with Crippen LogP contribution in [0.4, 0.5) is 5.69 Å². The third-order valence-corrected chi connectivity index (χ3v) is 5.11. The Morgan fingerprint density at radius 1 is 1.15 bits per heavy atom. The van der Waals surface area contributed by atoms with Crippen LogP contribution >= 0.6 is 11.6 Å². The van der Waals surface area contributed by atoms with Crippen LogP contribution in [0.2, 0.25) is 5.02 Å². The Hall–Kier alpha value is -2.24. The number of halogens is 1. The van der Waals surface area contributed by atoms with Gasteiger partial charge in [0.05, 0.1) is 5.56 Å². The van der Waals surface area contributed by atoms with Crippen molar-refractivity contribution >= 4 is 23.2 Å². The number of aryl methyl sites for hydroxylation is 1. The zero-order valence-corrected chi connectivity index (χ0v) is 16.4. The lowest BCUT2D eigenvalue weighted by Gasteiger charge is -2.36. The standard InChI is InChI=1S/C21H26ClN3O2/c1-16-4-2-5-18(14-16)25-12-10-24(11-13-25)9-3-8-23-21(27)19-15-17(22)6-7-20(19)26/h2,4-7,14-15,26H,3,8-13H2,1H3,(H,23,27). The van der Waals surface area contributed by atoms with Crippen molar-refractivity contribution in [3.05, 3.63) is 58.6 Å². The average molecular weight is 388 g/mol. The van der Waals surface area contributed by atoms with Gasteiger partial charge >= 0.3 is 0 Å². The van der Waals surface area contributed by atoms with Crippen LogP contribution in [-0.2, 0) is 0 Å². The zero-order chi connectivity index (χ0) is 19.2. The van der Waals surface area contributed by atoms with Gasteiger partial charge in [-0.25, -0.2) is 0 Å². The quantitative estimate of drug-likeness (QED) is 0.747. The Morgan fingerprint density at radius 3 is 2.67 bits per heavy atom. The minimum Gasteiger partial charge on any atom is -0.507 e. The van der Waals surface area contributed by atoms with Crippen LogP contribution in [0.15, 0.2) is 42.5 Å². The molecular weight excluding hydrogens is 362 g/mol. The second kappa shape index (κ2) is 9.11. The van der Waals surface area contributed by atoms with Gasteiger partial charge in [0.2, 0.25) is 0 Å². The third kappa shape index (κ3) is 5.37. The minimum atomic E-state index is -0.292. The van der Waals surface area contributed by atoms with Crippen molar-refractivity contribution in [2.45, 2.75) is 13.3 Å². The molecule has 2 aromatic rings. The van der Waals surface area contributed by atoms with Crippen LogP contribution in [0.1, 0.15) is 22.3 Å². The van der Waals surface area contributed by atoms with Gasteiger partial charge in [0, 0.05) is 43.4 Å². The monoisotopic (exact) mass is 387 g/mol. The molecule has 0 bridgehead atoms. The molecule has 1 saturated heterocycles. The van der Waals surface area contributed by atoms with Crippen molar-refractivity contribution in [3.8, 4) is 5.75 Å². The molecule has 1 heterocycles. The number of carbonyl (C=O) groups is 1. The molecule has 0 atom stereocenters. The summed E-state index contributed by atoms with van der Waals surface area (Å²) in [6.07, 6.45) is 0.873. The van der Waals surface area contributed by atoms with E-state index in [0.29, 0.717) is 11.6 Å². The van der Waals surface area contributed by atoms with E-state index in [9.17, 15) is 9.90 Å². The summed E-state index contributed by atoms with van der Waals surface area (Å²) in [6, 6.07) is 13.1. The van der Waals surface area contributed by atoms with Crippen molar-refractivity contribution in [2.75, 3.05) is 44.2 Å². The molecular formula is C21H26ClN3O2. The molecule has 1 fully saturated rings. The SMILES string of the molecule is Cc1cccc(N2CCN(CCCNC(=O)c3cc(Cl)ccc3O)CC2)c1. The Morgan fingerprint density at radius 2 is 1.93 bits per heavy atom. The first kappa shape index (κ1) is 19.5. The average Bonchev–Trinajstić information content (AvgIpc) is 2.67. The fourth-order valence-corrected chi connectivity index (χ4v) is 3.52. The highest BCUT2D eigenvalue weighted by Crippen LogP contribution is 2.21. The Bertz CT molecular complexity index is 789. The molecule has 2 aromatic carbocycles. The normalized spacial score (nSPS) is 15.0. The lowest BCUT2D eigenvalue weighted by atomic mass is 10.2. The van der Waals surface area contributed by atoms with E-state index in [1.54, 1.807) is 6.07 Å². The summed E-state index contributed by atoms with van der Waals surface area (Å²) in [5.41, 5.74) is 2.80. The highest BCUT2D eigenvalue weighted by molar-refractivity contribution is 6.31. The first-order valence-corrected chi connectivity index (χ1v) is 9.71. The van der Waals surface area contributed by atoms with Crippen molar-refractivity contribution in [3.63, 3.8) is 0 Å². The number of nitrogens with zero attached hydrogens (tertiary/aromatic N) is 2. The van der Waals surface area contributed by atoms with Gasteiger partial charge in [0.1, 0.15) is 5.75 Å². The molecule has 1 amide bonds. The van der Waals surface area contributed by atoms with Crippen LogP contribution in [0, 0.1) is 6.92 Å². The summed E-state index contributed by atoms with van der Waals surface area (Å²) >= 11 is 5.89. The molecule has 27 heavy (non-hydrogen) atoms. The second-order valence-corrected chi connectivity index (χ2v) is 7.38. The molecule has 3 rings (SSSR count). The third-order valence-electron chi connectivity index (χ3n) is 4.88. The number of rotatable bonds is 6. The number of phenols is 1. The highest BCUT2D eigenvalue weighted by atomic mass is 35.5. The number of aromatic hydroxyl groups is 1. The van der Waals surface area contributed by atoms with Crippen molar-refractivity contribution in [1.29, 1.82) is 0 Å². The first-order valence-electron chi connectivity index (χ1n) is 9.33. The van der Waals surface area contributed by atoms with Gasteiger partial charge in [-0.3, -0.25) is 9.69 Å². The number of hydrogen-bond acceptors (Lipinski definition) is 4. The van der Waals surface area contributed by atoms with Crippen molar-refractivity contribution in [2.24, 2.45) is 0 Å². The first-order chi connectivity index (χ1) is 13.0. The highest BCUT2D eigenvalue weighted by Gasteiger charge is 2.17. The lowest BCUT2D eigenvalue weighted by Crippen LogP contribution is -2.47. The maximum Gasteiger partial charge on any atom is 0.255 e. The van der Waals surface area contributed by atoms with Gasteiger partial charge < -0.3 is 15.3 Å². The van der Waals surface area contributed by atoms with Crippen LogP contribution in [0.3, 0.4) is 0 Å². The molecule has 6 heteroatoms. The molecule has 0 spiro atoms. The molecule has 1 aliphatic rings. The maximum absolute atomic E-state index is 12.1. The van der Waals surface area contributed by atoms with Crippen molar-refractivity contribution in [1.82, 2.24) is 10.2 Å². The molecule has 0 aliphatic carbocycles. The fraction of sp³-hybridized carbons (Fsp3) is 0.381.